The molecule has 1 amide bonds. The summed E-state index contributed by atoms with van der Waals surface area (Å²) in [6.07, 6.45) is 0.143. The summed E-state index contributed by atoms with van der Waals surface area (Å²) in [5.74, 6) is 0.468. The molecule has 1 aliphatic rings. The monoisotopic (exact) mass is 432 g/mol. The Morgan fingerprint density at radius 2 is 1.93 bits per heavy atom. The van der Waals surface area contributed by atoms with E-state index >= 15 is 0 Å². The zero-order chi connectivity index (χ0) is 20.4. The van der Waals surface area contributed by atoms with Crippen molar-refractivity contribution in [3.8, 4) is 11.5 Å². The highest BCUT2D eigenvalue weighted by Crippen LogP contribution is 2.35. The lowest BCUT2D eigenvalue weighted by Crippen LogP contribution is -2.19. The number of amides is 1. The molecule has 0 aliphatic carbocycles. The predicted molar refractivity (Wildman–Crippen MR) is 109 cm³/mol. The summed E-state index contributed by atoms with van der Waals surface area (Å²) in [7, 11) is 1.34. The van der Waals surface area contributed by atoms with Crippen LogP contribution in [0.5, 0.6) is 11.5 Å². The molecule has 0 unspecified atom stereocenters. The molecule has 0 bridgehead atoms. The number of esters is 1. The summed E-state index contributed by atoms with van der Waals surface area (Å²) in [4.78, 5) is 29.1. The summed E-state index contributed by atoms with van der Waals surface area (Å²) in [5.41, 5.74) is 1.12. The number of aryl methyl sites for hydroxylation is 1. The molecule has 3 aromatic rings. The standard InChI is InChI=1S/C20H17ClN2O5S/c1-26-18(24)6-7-23-14-10-15-16(28-9-8-27-15)11-17(14)29-20(23)22-19(25)12-4-2-3-5-13(12)21/h2-5,10-11H,6-9H2,1H3. The lowest BCUT2D eigenvalue weighted by Gasteiger charge is -2.18. The molecule has 0 atom stereocenters. The second-order valence-electron chi connectivity index (χ2n) is 6.22. The number of aromatic nitrogens is 1. The number of carbonyl (C=O) groups excluding carboxylic acids is 2. The molecule has 29 heavy (non-hydrogen) atoms. The topological polar surface area (TPSA) is 79.1 Å². The second kappa shape index (κ2) is 8.26. The number of hydrogen-bond donors (Lipinski definition) is 0. The van der Waals surface area contributed by atoms with E-state index in [0.717, 1.165) is 10.2 Å². The van der Waals surface area contributed by atoms with Gasteiger partial charge in [-0.2, -0.15) is 4.99 Å². The number of hydrogen-bond acceptors (Lipinski definition) is 6. The van der Waals surface area contributed by atoms with E-state index in [1.165, 1.54) is 18.4 Å². The molecule has 7 nitrogen and oxygen atoms in total. The van der Waals surface area contributed by atoms with Gasteiger partial charge in [-0.15, -0.1) is 0 Å². The fraction of sp³-hybridized carbons (Fsp3) is 0.250. The first-order chi connectivity index (χ1) is 14.1. The van der Waals surface area contributed by atoms with Crippen LogP contribution in [0.3, 0.4) is 0 Å². The first-order valence-corrected chi connectivity index (χ1v) is 10.1. The minimum absolute atomic E-state index is 0.143. The number of thiazole rings is 1. The molecule has 0 radical (unpaired) electrons. The Morgan fingerprint density at radius 3 is 2.66 bits per heavy atom. The lowest BCUT2D eigenvalue weighted by atomic mass is 10.2. The number of ether oxygens (including phenoxy) is 3. The highest BCUT2D eigenvalue weighted by Gasteiger charge is 2.18. The van der Waals surface area contributed by atoms with E-state index in [-0.39, 0.29) is 12.4 Å². The average molecular weight is 433 g/mol. The SMILES string of the molecule is COC(=O)CCn1c(=NC(=O)c2ccccc2Cl)sc2cc3c(cc21)OCCO3. The molecule has 0 saturated heterocycles. The van der Waals surface area contributed by atoms with Crippen LogP contribution in [-0.4, -0.2) is 36.8 Å². The van der Waals surface area contributed by atoms with Gasteiger partial charge in [0.2, 0.25) is 0 Å². The number of rotatable bonds is 4. The molecule has 1 aromatic heterocycles. The molecular formula is C20H17ClN2O5S. The maximum atomic E-state index is 12.7. The minimum atomic E-state index is -0.453. The third-order valence-corrected chi connectivity index (χ3v) is 5.79. The molecule has 2 heterocycles. The van der Waals surface area contributed by atoms with E-state index in [2.05, 4.69) is 4.99 Å². The van der Waals surface area contributed by atoms with Crippen LogP contribution in [0.4, 0.5) is 0 Å². The van der Waals surface area contributed by atoms with E-state index in [1.807, 2.05) is 16.7 Å². The number of fused-ring (bicyclic) bond motifs is 2. The maximum Gasteiger partial charge on any atom is 0.307 e. The molecule has 9 heteroatoms. The Morgan fingerprint density at radius 1 is 1.21 bits per heavy atom. The highest BCUT2D eigenvalue weighted by molar-refractivity contribution is 7.16. The van der Waals surface area contributed by atoms with Crippen molar-refractivity contribution in [2.24, 2.45) is 4.99 Å². The van der Waals surface area contributed by atoms with Gasteiger partial charge in [0, 0.05) is 18.7 Å². The van der Waals surface area contributed by atoms with Crippen molar-refractivity contribution in [3.63, 3.8) is 0 Å². The fourth-order valence-corrected chi connectivity index (χ4v) is 4.28. The van der Waals surface area contributed by atoms with Crippen LogP contribution < -0.4 is 14.3 Å². The maximum absolute atomic E-state index is 12.7. The van der Waals surface area contributed by atoms with Gasteiger partial charge < -0.3 is 18.8 Å². The first kappa shape index (κ1) is 19.5. The van der Waals surface area contributed by atoms with Gasteiger partial charge in [0.05, 0.1) is 34.3 Å². The smallest absolute Gasteiger partial charge is 0.307 e. The van der Waals surface area contributed by atoms with Crippen molar-refractivity contribution in [2.45, 2.75) is 13.0 Å². The molecule has 0 fully saturated rings. The van der Waals surface area contributed by atoms with E-state index in [4.69, 9.17) is 25.8 Å². The van der Waals surface area contributed by atoms with Gasteiger partial charge in [-0.05, 0) is 12.1 Å². The summed E-state index contributed by atoms with van der Waals surface area (Å²) in [6, 6.07) is 10.5. The average Bonchev–Trinajstić information content (AvgIpc) is 3.06. The number of nitrogens with zero attached hydrogens (tertiary/aromatic N) is 2. The van der Waals surface area contributed by atoms with Crippen LogP contribution in [-0.2, 0) is 16.1 Å². The summed E-state index contributed by atoms with van der Waals surface area (Å²) < 4.78 is 18.7. The largest absolute Gasteiger partial charge is 0.486 e. The van der Waals surface area contributed by atoms with Crippen LogP contribution in [0.1, 0.15) is 16.8 Å². The Labute approximate surface area is 175 Å². The van der Waals surface area contributed by atoms with Crippen molar-refractivity contribution in [2.75, 3.05) is 20.3 Å². The van der Waals surface area contributed by atoms with Crippen molar-refractivity contribution in [1.29, 1.82) is 0 Å². The molecule has 4 rings (SSSR count). The Bertz CT molecular complexity index is 1170. The van der Waals surface area contributed by atoms with Gasteiger partial charge in [0.15, 0.2) is 16.3 Å². The number of carbonyl (C=O) groups is 2. The summed E-state index contributed by atoms with van der Waals surface area (Å²) >= 11 is 7.46. The van der Waals surface area contributed by atoms with Crippen molar-refractivity contribution in [3.05, 3.63) is 51.8 Å². The quantitative estimate of drug-likeness (QED) is 0.590. The van der Waals surface area contributed by atoms with Crippen molar-refractivity contribution >= 4 is 45.0 Å². The van der Waals surface area contributed by atoms with Crippen molar-refractivity contribution < 1.29 is 23.8 Å². The van der Waals surface area contributed by atoms with Crippen LogP contribution in [0, 0.1) is 0 Å². The zero-order valence-electron chi connectivity index (χ0n) is 15.5. The highest BCUT2D eigenvalue weighted by atomic mass is 35.5. The minimum Gasteiger partial charge on any atom is -0.486 e. The number of halogens is 1. The van der Waals surface area contributed by atoms with Crippen LogP contribution in [0.2, 0.25) is 5.02 Å². The van der Waals surface area contributed by atoms with Crippen LogP contribution in [0.25, 0.3) is 10.2 Å². The van der Waals surface area contributed by atoms with Gasteiger partial charge in [-0.1, -0.05) is 35.1 Å². The molecule has 0 saturated carbocycles. The molecule has 0 N–H and O–H groups in total. The molecule has 1 aliphatic heterocycles. The molecule has 150 valence electrons. The van der Waals surface area contributed by atoms with Gasteiger partial charge in [0.25, 0.3) is 5.91 Å². The molecule has 0 spiro atoms. The van der Waals surface area contributed by atoms with Crippen molar-refractivity contribution in [1.82, 2.24) is 4.57 Å². The predicted octanol–water partition coefficient (Wildman–Crippen LogP) is 3.43. The van der Waals surface area contributed by atoms with Crippen LogP contribution >= 0.6 is 22.9 Å². The van der Waals surface area contributed by atoms with E-state index < -0.39 is 5.91 Å². The normalized spacial score (nSPS) is 13.5. The fourth-order valence-electron chi connectivity index (χ4n) is 2.99. The Balaban J connectivity index is 1.83. The molecular weight excluding hydrogens is 416 g/mol. The molecule has 2 aromatic carbocycles. The van der Waals surface area contributed by atoms with E-state index in [1.54, 1.807) is 24.3 Å². The van der Waals surface area contributed by atoms with E-state index in [0.29, 0.717) is 46.6 Å². The second-order valence-corrected chi connectivity index (χ2v) is 7.64. The summed E-state index contributed by atoms with van der Waals surface area (Å²) in [6.45, 7) is 1.25. The van der Waals surface area contributed by atoms with E-state index in [9.17, 15) is 9.59 Å². The number of benzene rings is 2. The number of methoxy groups -OCH3 is 1. The van der Waals surface area contributed by atoms with Gasteiger partial charge >= 0.3 is 5.97 Å². The summed E-state index contributed by atoms with van der Waals surface area (Å²) in [5, 5.41) is 0.334. The first-order valence-electron chi connectivity index (χ1n) is 8.90. The van der Waals surface area contributed by atoms with Gasteiger partial charge in [-0.25, -0.2) is 0 Å². The van der Waals surface area contributed by atoms with Gasteiger partial charge in [-0.3, -0.25) is 9.59 Å². The third-order valence-electron chi connectivity index (χ3n) is 4.42. The third kappa shape index (κ3) is 3.99. The Kier molecular flexibility index (Phi) is 5.55. The Hall–Kier alpha value is -2.84. The lowest BCUT2D eigenvalue weighted by molar-refractivity contribution is -0.140. The zero-order valence-corrected chi connectivity index (χ0v) is 17.1. The van der Waals surface area contributed by atoms with Crippen LogP contribution in [0.15, 0.2) is 41.4 Å². The van der Waals surface area contributed by atoms with Gasteiger partial charge in [0.1, 0.15) is 13.2 Å².